The van der Waals surface area contributed by atoms with Crippen molar-refractivity contribution in [2.75, 3.05) is 25.6 Å². The minimum atomic E-state index is -3.13. The molecular weight excluding hydrogens is 260 g/mol. The van der Waals surface area contributed by atoms with Crippen LogP contribution in [0.5, 0.6) is 0 Å². The monoisotopic (exact) mass is 280 g/mol. The summed E-state index contributed by atoms with van der Waals surface area (Å²) in [6.45, 7) is 3.14. The molecule has 0 rings (SSSR count). The third-order valence-corrected chi connectivity index (χ3v) is 3.56. The molecule has 2 N–H and O–H groups in total. The number of carbonyl (C=O) groups excluding carboxylic acids is 1. The van der Waals surface area contributed by atoms with Gasteiger partial charge in [0, 0.05) is 25.9 Å². The average Bonchev–Trinajstić information content (AvgIpc) is 2.23. The predicted octanol–water partition coefficient (Wildman–Crippen LogP) is -0.218. The highest BCUT2D eigenvalue weighted by Gasteiger charge is 2.22. The molecule has 0 spiro atoms. The van der Waals surface area contributed by atoms with E-state index >= 15 is 0 Å². The number of amides is 2. The van der Waals surface area contributed by atoms with Crippen molar-refractivity contribution in [3.63, 3.8) is 0 Å². The second-order valence-electron chi connectivity index (χ2n) is 4.42. The molecule has 0 aliphatic rings. The molecule has 106 valence electrons. The highest BCUT2D eigenvalue weighted by atomic mass is 32.2. The molecule has 0 saturated heterocycles. The van der Waals surface area contributed by atoms with E-state index in [1.165, 1.54) is 18.9 Å². The van der Waals surface area contributed by atoms with Gasteiger partial charge in [-0.05, 0) is 13.8 Å². The van der Waals surface area contributed by atoms with E-state index in [-0.39, 0.29) is 12.3 Å². The molecule has 0 saturated carbocycles. The number of nitrogens with one attached hydrogen (secondary N) is 1. The predicted molar refractivity (Wildman–Crippen MR) is 67.1 cm³/mol. The van der Waals surface area contributed by atoms with Gasteiger partial charge in [-0.15, -0.1) is 0 Å². The van der Waals surface area contributed by atoms with Crippen molar-refractivity contribution in [2.24, 2.45) is 5.92 Å². The number of rotatable bonds is 6. The third kappa shape index (κ3) is 6.43. The fourth-order valence-corrected chi connectivity index (χ4v) is 1.65. The Hall–Kier alpha value is -1.31. The lowest BCUT2D eigenvalue weighted by Gasteiger charge is -2.23. The fourth-order valence-electron chi connectivity index (χ4n) is 1.05. The van der Waals surface area contributed by atoms with Gasteiger partial charge < -0.3 is 15.3 Å². The smallest absolute Gasteiger partial charge is 0.317 e. The molecule has 0 aromatic heterocycles. The molecule has 0 fully saturated rings. The number of carboxylic acids is 1. The van der Waals surface area contributed by atoms with Crippen LogP contribution in [0.3, 0.4) is 0 Å². The van der Waals surface area contributed by atoms with Crippen LogP contribution in [-0.2, 0) is 14.6 Å². The van der Waals surface area contributed by atoms with E-state index in [4.69, 9.17) is 5.11 Å². The maximum absolute atomic E-state index is 11.6. The van der Waals surface area contributed by atoms with Crippen molar-refractivity contribution < 1.29 is 23.1 Å². The molecule has 2 unspecified atom stereocenters. The highest BCUT2D eigenvalue weighted by molar-refractivity contribution is 7.90. The first-order chi connectivity index (χ1) is 8.04. The van der Waals surface area contributed by atoms with Gasteiger partial charge in [0.05, 0.1) is 11.7 Å². The molecule has 8 heteroatoms. The Morgan fingerprint density at radius 1 is 1.33 bits per heavy atom. The van der Waals surface area contributed by atoms with Gasteiger partial charge in [-0.25, -0.2) is 13.2 Å². The van der Waals surface area contributed by atoms with E-state index in [2.05, 4.69) is 5.32 Å². The van der Waals surface area contributed by atoms with Gasteiger partial charge in [-0.3, -0.25) is 4.79 Å². The van der Waals surface area contributed by atoms with Crippen LogP contribution in [0.1, 0.15) is 13.8 Å². The van der Waals surface area contributed by atoms with Crippen LogP contribution in [0.4, 0.5) is 4.79 Å². The lowest BCUT2D eigenvalue weighted by atomic mass is 10.0. The number of hydrogen-bond acceptors (Lipinski definition) is 4. The summed E-state index contributed by atoms with van der Waals surface area (Å²) in [5.74, 6) is -1.83. The number of carboxylic acid groups (broad SMARTS) is 1. The number of carbonyl (C=O) groups is 2. The summed E-state index contributed by atoms with van der Waals surface area (Å²) in [7, 11) is -1.67. The molecule has 7 nitrogen and oxygen atoms in total. The van der Waals surface area contributed by atoms with Crippen molar-refractivity contribution in [3.05, 3.63) is 0 Å². The van der Waals surface area contributed by atoms with E-state index < -0.39 is 33.8 Å². The van der Waals surface area contributed by atoms with Gasteiger partial charge in [-0.1, -0.05) is 0 Å². The first-order valence-electron chi connectivity index (χ1n) is 5.46. The molecule has 0 radical (unpaired) electrons. The van der Waals surface area contributed by atoms with Gasteiger partial charge in [0.15, 0.2) is 0 Å². The third-order valence-electron chi connectivity index (χ3n) is 2.63. The van der Waals surface area contributed by atoms with E-state index in [0.717, 1.165) is 6.26 Å². The molecule has 18 heavy (non-hydrogen) atoms. The van der Waals surface area contributed by atoms with Gasteiger partial charge in [0.1, 0.15) is 9.84 Å². The van der Waals surface area contributed by atoms with Crippen molar-refractivity contribution in [3.8, 4) is 0 Å². The summed E-state index contributed by atoms with van der Waals surface area (Å²) in [5.41, 5.74) is 0. The van der Waals surface area contributed by atoms with Gasteiger partial charge in [0.2, 0.25) is 0 Å². The maximum atomic E-state index is 11.6. The molecule has 2 atom stereocenters. The van der Waals surface area contributed by atoms with Crippen molar-refractivity contribution in [1.82, 2.24) is 10.2 Å². The number of sulfone groups is 1. The highest BCUT2D eigenvalue weighted by Crippen LogP contribution is 2.03. The average molecular weight is 280 g/mol. The van der Waals surface area contributed by atoms with Crippen LogP contribution >= 0.6 is 0 Å². The largest absolute Gasteiger partial charge is 0.481 e. The molecule has 0 heterocycles. The molecule has 0 aromatic carbocycles. The first-order valence-corrected chi connectivity index (χ1v) is 7.53. The van der Waals surface area contributed by atoms with E-state index in [1.54, 1.807) is 6.92 Å². The minimum Gasteiger partial charge on any atom is -0.481 e. The SMILES string of the molecule is CC(NC(=O)N(C)CCS(C)(=O)=O)C(C)C(=O)O. The Morgan fingerprint density at radius 3 is 2.22 bits per heavy atom. The Bertz CT molecular complexity index is 406. The molecule has 0 aliphatic heterocycles. The van der Waals surface area contributed by atoms with E-state index in [1.807, 2.05) is 0 Å². The zero-order chi connectivity index (χ0) is 14.5. The van der Waals surface area contributed by atoms with E-state index in [0.29, 0.717) is 0 Å². The van der Waals surface area contributed by atoms with Crippen molar-refractivity contribution >= 4 is 21.8 Å². The fraction of sp³-hybridized carbons (Fsp3) is 0.800. The zero-order valence-electron chi connectivity index (χ0n) is 11.0. The minimum absolute atomic E-state index is 0.0683. The molecular formula is C10H20N2O5S. The molecule has 2 amide bonds. The maximum Gasteiger partial charge on any atom is 0.317 e. The number of urea groups is 1. The molecule has 0 aromatic rings. The summed E-state index contributed by atoms with van der Waals surface area (Å²) in [6, 6.07) is -1.02. The van der Waals surface area contributed by atoms with Gasteiger partial charge in [-0.2, -0.15) is 0 Å². The first kappa shape index (κ1) is 16.7. The number of nitrogens with zero attached hydrogens (tertiary/aromatic N) is 1. The van der Waals surface area contributed by atoms with Crippen LogP contribution in [0.2, 0.25) is 0 Å². The second-order valence-corrected chi connectivity index (χ2v) is 6.68. The number of hydrogen-bond donors (Lipinski definition) is 2. The zero-order valence-corrected chi connectivity index (χ0v) is 11.8. The Morgan fingerprint density at radius 2 is 1.83 bits per heavy atom. The molecule has 0 aliphatic carbocycles. The van der Waals surface area contributed by atoms with Crippen LogP contribution in [0.25, 0.3) is 0 Å². The normalized spacial score (nSPS) is 14.7. The lowest BCUT2D eigenvalue weighted by Crippen LogP contribution is -2.46. The summed E-state index contributed by atoms with van der Waals surface area (Å²) >= 11 is 0. The summed E-state index contributed by atoms with van der Waals surface area (Å²) in [4.78, 5) is 23.5. The summed E-state index contributed by atoms with van der Waals surface area (Å²) < 4.78 is 21.9. The standard InChI is InChI=1S/C10H20N2O5S/c1-7(9(13)14)8(2)11-10(15)12(3)5-6-18(4,16)17/h7-8H,5-6H2,1-4H3,(H,11,15)(H,13,14). The number of aliphatic carboxylic acids is 1. The van der Waals surface area contributed by atoms with Crippen molar-refractivity contribution in [2.45, 2.75) is 19.9 Å². The van der Waals surface area contributed by atoms with Gasteiger partial charge >= 0.3 is 12.0 Å². The topological polar surface area (TPSA) is 104 Å². The quantitative estimate of drug-likeness (QED) is 0.700. The Balaban J connectivity index is 4.28. The molecule has 0 bridgehead atoms. The van der Waals surface area contributed by atoms with Crippen LogP contribution in [-0.4, -0.2) is 62.1 Å². The Labute approximate surface area is 107 Å². The second kappa shape index (κ2) is 6.58. The summed E-state index contributed by atoms with van der Waals surface area (Å²) in [5, 5.41) is 11.3. The van der Waals surface area contributed by atoms with E-state index in [9.17, 15) is 18.0 Å². The Kier molecular flexibility index (Phi) is 6.10. The lowest BCUT2D eigenvalue weighted by molar-refractivity contribution is -0.141. The van der Waals surface area contributed by atoms with Crippen LogP contribution in [0, 0.1) is 5.92 Å². The van der Waals surface area contributed by atoms with Crippen molar-refractivity contribution in [1.29, 1.82) is 0 Å². The van der Waals surface area contributed by atoms with Crippen LogP contribution < -0.4 is 5.32 Å². The van der Waals surface area contributed by atoms with Crippen LogP contribution in [0.15, 0.2) is 0 Å². The summed E-state index contributed by atoms with van der Waals surface area (Å²) in [6.07, 6.45) is 1.09. The van der Waals surface area contributed by atoms with Gasteiger partial charge in [0.25, 0.3) is 0 Å².